The molecule has 106 valence electrons. The van der Waals surface area contributed by atoms with Crippen LogP contribution >= 0.6 is 23.2 Å². The predicted octanol–water partition coefficient (Wildman–Crippen LogP) is 4.62. The Morgan fingerprint density at radius 3 is 2.40 bits per heavy atom. The molecule has 4 heteroatoms. The summed E-state index contributed by atoms with van der Waals surface area (Å²) in [7, 11) is 3.59. The van der Waals surface area contributed by atoms with E-state index < -0.39 is 0 Å². The molecule has 0 amide bonds. The standard InChI is InChI=1S/C16H17Cl2NO/c1-10-4-7-15(20-3)12(8-10)16(19-2)11-5-6-13(17)14(18)9-11/h4-9,16,19H,1-3H3. The fourth-order valence-electron chi connectivity index (χ4n) is 2.27. The van der Waals surface area contributed by atoms with E-state index in [2.05, 4.69) is 18.3 Å². The van der Waals surface area contributed by atoms with Gasteiger partial charge in [0.1, 0.15) is 5.75 Å². The molecule has 2 aromatic carbocycles. The summed E-state index contributed by atoms with van der Waals surface area (Å²) >= 11 is 12.1. The summed E-state index contributed by atoms with van der Waals surface area (Å²) in [5, 5.41) is 4.41. The second kappa shape index (κ2) is 6.49. The first-order chi connectivity index (χ1) is 9.56. The molecule has 0 radical (unpaired) electrons. The third-order valence-corrected chi connectivity index (χ3v) is 4.00. The average Bonchev–Trinajstić information content (AvgIpc) is 2.44. The molecular weight excluding hydrogens is 293 g/mol. The summed E-state index contributed by atoms with van der Waals surface area (Å²) in [5.41, 5.74) is 3.31. The highest BCUT2D eigenvalue weighted by atomic mass is 35.5. The highest BCUT2D eigenvalue weighted by Crippen LogP contribution is 2.33. The number of hydrogen-bond acceptors (Lipinski definition) is 2. The minimum absolute atomic E-state index is 0.000355. The van der Waals surface area contributed by atoms with Crippen molar-refractivity contribution in [2.24, 2.45) is 0 Å². The number of nitrogens with one attached hydrogen (secondary N) is 1. The molecular formula is C16H17Cl2NO. The zero-order valence-corrected chi connectivity index (χ0v) is 13.2. The lowest BCUT2D eigenvalue weighted by Gasteiger charge is -2.21. The molecule has 1 atom stereocenters. The Labute approximate surface area is 129 Å². The predicted molar refractivity (Wildman–Crippen MR) is 85.1 cm³/mol. The van der Waals surface area contributed by atoms with Gasteiger partial charge in [0.05, 0.1) is 23.2 Å². The summed E-state index contributed by atoms with van der Waals surface area (Å²) in [6.07, 6.45) is 0. The van der Waals surface area contributed by atoms with Crippen molar-refractivity contribution in [3.05, 3.63) is 63.1 Å². The number of aryl methyl sites for hydroxylation is 1. The molecule has 2 nitrogen and oxygen atoms in total. The molecule has 0 aliphatic rings. The molecule has 0 aliphatic heterocycles. The van der Waals surface area contributed by atoms with Gasteiger partial charge in [0.2, 0.25) is 0 Å². The molecule has 0 spiro atoms. The first-order valence-electron chi connectivity index (χ1n) is 6.33. The van der Waals surface area contributed by atoms with E-state index in [-0.39, 0.29) is 6.04 Å². The zero-order chi connectivity index (χ0) is 14.7. The number of halogens is 2. The normalized spacial score (nSPS) is 12.2. The van der Waals surface area contributed by atoms with E-state index in [0.29, 0.717) is 10.0 Å². The first kappa shape index (κ1) is 15.2. The van der Waals surface area contributed by atoms with E-state index in [9.17, 15) is 0 Å². The molecule has 0 bridgehead atoms. The highest BCUT2D eigenvalue weighted by Gasteiger charge is 2.17. The van der Waals surface area contributed by atoms with Crippen LogP contribution in [-0.4, -0.2) is 14.2 Å². The van der Waals surface area contributed by atoms with Gasteiger partial charge in [0, 0.05) is 5.56 Å². The molecule has 1 unspecified atom stereocenters. The summed E-state index contributed by atoms with van der Waals surface area (Å²) in [5.74, 6) is 0.848. The zero-order valence-electron chi connectivity index (χ0n) is 11.7. The van der Waals surface area contributed by atoms with Gasteiger partial charge >= 0.3 is 0 Å². The van der Waals surface area contributed by atoms with Crippen LogP contribution in [0.1, 0.15) is 22.7 Å². The quantitative estimate of drug-likeness (QED) is 0.890. The third kappa shape index (κ3) is 3.09. The lowest BCUT2D eigenvalue weighted by molar-refractivity contribution is 0.405. The Balaban J connectivity index is 2.51. The SMILES string of the molecule is CNC(c1ccc(Cl)c(Cl)c1)c1cc(C)ccc1OC. The van der Waals surface area contributed by atoms with Crippen molar-refractivity contribution in [3.8, 4) is 5.75 Å². The van der Waals surface area contributed by atoms with Crippen LogP contribution < -0.4 is 10.1 Å². The Morgan fingerprint density at radius 1 is 1.05 bits per heavy atom. The van der Waals surface area contributed by atoms with Crippen molar-refractivity contribution in [1.29, 1.82) is 0 Å². The van der Waals surface area contributed by atoms with Gasteiger partial charge in [0.25, 0.3) is 0 Å². The topological polar surface area (TPSA) is 21.3 Å². The van der Waals surface area contributed by atoms with Crippen molar-refractivity contribution in [2.75, 3.05) is 14.2 Å². The lowest BCUT2D eigenvalue weighted by atomic mass is 9.96. The van der Waals surface area contributed by atoms with Crippen molar-refractivity contribution in [2.45, 2.75) is 13.0 Å². The molecule has 0 saturated carbocycles. The molecule has 0 heterocycles. The van der Waals surface area contributed by atoms with Crippen molar-refractivity contribution in [3.63, 3.8) is 0 Å². The molecule has 0 fully saturated rings. The first-order valence-corrected chi connectivity index (χ1v) is 7.09. The van der Waals surface area contributed by atoms with E-state index in [4.69, 9.17) is 27.9 Å². The van der Waals surface area contributed by atoms with Gasteiger partial charge < -0.3 is 10.1 Å². The molecule has 0 saturated heterocycles. The fraction of sp³-hybridized carbons (Fsp3) is 0.250. The number of methoxy groups -OCH3 is 1. The van der Waals surface area contributed by atoms with Crippen LogP contribution in [-0.2, 0) is 0 Å². The summed E-state index contributed by atoms with van der Waals surface area (Å²) in [6, 6.07) is 11.8. The van der Waals surface area contributed by atoms with Crippen LogP contribution in [0.3, 0.4) is 0 Å². The van der Waals surface area contributed by atoms with Gasteiger partial charge in [-0.3, -0.25) is 0 Å². The Kier molecular flexibility index (Phi) is 4.92. The summed E-state index contributed by atoms with van der Waals surface area (Å²) < 4.78 is 5.46. The number of benzene rings is 2. The smallest absolute Gasteiger partial charge is 0.123 e. The monoisotopic (exact) mass is 309 g/mol. The maximum absolute atomic E-state index is 6.12. The Hall–Kier alpha value is -1.22. The van der Waals surface area contributed by atoms with Crippen LogP contribution in [0.5, 0.6) is 5.75 Å². The number of rotatable bonds is 4. The maximum atomic E-state index is 6.12. The largest absolute Gasteiger partial charge is 0.496 e. The Morgan fingerprint density at radius 2 is 1.80 bits per heavy atom. The van der Waals surface area contributed by atoms with Crippen LogP contribution in [0.15, 0.2) is 36.4 Å². The maximum Gasteiger partial charge on any atom is 0.123 e. The molecule has 2 rings (SSSR count). The molecule has 1 N–H and O–H groups in total. The van der Waals surface area contributed by atoms with E-state index in [0.717, 1.165) is 16.9 Å². The second-order valence-electron chi connectivity index (χ2n) is 4.64. The average molecular weight is 310 g/mol. The van der Waals surface area contributed by atoms with Crippen LogP contribution in [0, 0.1) is 6.92 Å². The summed E-state index contributed by atoms with van der Waals surface area (Å²) in [4.78, 5) is 0. The van der Waals surface area contributed by atoms with Gasteiger partial charge in [-0.15, -0.1) is 0 Å². The number of hydrogen-bond donors (Lipinski definition) is 1. The third-order valence-electron chi connectivity index (χ3n) is 3.26. The van der Waals surface area contributed by atoms with Crippen molar-refractivity contribution < 1.29 is 4.74 Å². The van der Waals surface area contributed by atoms with Crippen LogP contribution in [0.2, 0.25) is 10.0 Å². The molecule has 0 aliphatic carbocycles. The van der Waals surface area contributed by atoms with Gasteiger partial charge in [-0.25, -0.2) is 0 Å². The van der Waals surface area contributed by atoms with Gasteiger partial charge in [-0.1, -0.05) is 47.0 Å². The van der Waals surface area contributed by atoms with Gasteiger partial charge in [0.15, 0.2) is 0 Å². The molecule has 0 aromatic heterocycles. The summed E-state index contributed by atoms with van der Waals surface area (Å²) in [6.45, 7) is 2.06. The van der Waals surface area contributed by atoms with E-state index >= 15 is 0 Å². The minimum Gasteiger partial charge on any atom is -0.496 e. The van der Waals surface area contributed by atoms with Gasteiger partial charge in [-0.2, -0.15) is 0 Å². The Bertz CT molecular complexity index is 613. The van der Waals surface area contributed by atoms with E-state index in [1.165, 1.54) is 5.56 Å². The lowest BCUT2D eigenvalue weighted by Crippen LogP contribution is -2.18. The molecule has 2 aromatic rings. The molecule has 20 heavy (non-hydrogen) atoms. The van der Waals surface area contributed by atoms with Crippen molar-refractivity contribution in [1.82, 2.24) is 5.32 Å². The van der Waals surface area contributed by atoms with Crippen LogP contribution in [0.25, 0.3) is 0 Å². The van der Waals surface area contributed by atoms with Crippen LogP contribution in [0.4, 0.5) is 0 Å². The second-order valence-corrected chi connectivity index (χ2v) is 5.46. The number of ether oxygens (including phenoxy) is 1. The fourth-order valence-corrected chi connectivity index (χ4v) is 2.58. The minimum atomic E-state index is -0.000355. The highest BCUT2D eigenvalue weighted by molar-refractivity contribution is 6.42. The van der Waals surface area contributed by atoms with E-state index in [1.54, 1.807) is 7.11 Å². The van der Waals surface area contributed by atoms with Gasteiger partial charge in [-0.05, 0) is 37.7 Å². The van der Waals surface area contributed by atoms with E-state index in [1.807, 2.05) is 37.4 Å². The van der Waals surface area contributed by atoms with Crippen molar-refractivity contribution >= 4 is 23.2 Å².